The maximum absolute atomic E-state index is 11.3. The number of carbonyl (C=O) groups excluding carboxylic acids is 1. The van der Waals surface area contributed by atoms with Gasteiger partial charge in [-0.3, -0.25) is 15.1 Å². The molecule has 1 amide bonds. The third-order valence-electron chi connectivity index (χ3n) is 3.95. The van der Waals surface area contributed by atoms with Gasteiger partial charge in [-0.15, -0.1) is 0 Å². The molecule has 5 nitrogen and oxygen atoms in total. The second-order valence-corrected chi connectivity index (χ2v) is 5.48. The van der Waals surface area contributed by atoms with Crippen LogP contribution in [0.3, 0.4) is 0 Å². The molecule has 1 aromatic carbocycles. The highest BCUT2D eigenvalue weighted by atomic mass is 16.2. The van der Waals surface area contributed by atoms with E-state index in [1.54, 1.807) is 0 Å². The molecule has 0 aliphatic carbocycles. The van der Waals surface area contributed by atoms with Gasteiger partial charge in [-0.1, -0.05) is 12.1 Å². The van der Waals surface area contributed by atoms with Gasteiger partial charge in [0.2, 0.25) is 5.91 Å². The van der Waals surface area contributed by atoms with E-state index in [1.165, 1.54) is 11.3 Å². The lowest BCUT2D eigenvalue weighted by molar-refractivity contribution is -0.122. The fraction of sp³-hybridized carbons (Fsp3) is 0.533. The number of benzene rings is 1. The van der Waals surface area contributed by atoms with Gasteiger partial charge in [-0.2, -0.15) is 0 Å². The molecule has 0 bridgehead atoms. The number of hydrazine groups is 1. The van der Waals surface area contributed by atoms with Crippen molar-refractivity contribution in [3.63, 3.8) is 0 Å². The maximum Gasteiger partial charge on any atom is 0.235 e. The average molecular weight is 276 g/mol. The second kappa shape index (κ2) is 6.72. The first-order valence-corrected chi connectivity index (χ1v) is 7.15. The van der Waals surface area contributed by atoms with E-state index < -0.39 is 0 Å². The summed E-state index contributed by atoms with van der Waals surface area (Å²) in [5.41, 5.74) is 4.78. The predicted octanol–water partition coefficient (Wildman–Crippen LogP) is 0.886. The number of nitrogens with zero attached hydrogens (tertiary/aromatic N) is 2. The number of piperazine rings is 1. The number of nitrogens with one attached hydrogen (secondary N) is 1. The van der Waals surface area contributed by atoms with E-state index in [9.17, 15) is 4.79 Å². The zero-order valence-electron chi connectivity index (χ0n) is 12.3. The lowest BCUT2D eigenvalue weighted by Gasteiger charge is -2.39. The van der Waals surface area contributed by atoms with Crippen molar-refractivity contribution in [2.45, 2.75) is 26.3 Å². The van der Waals surface area contributed by atoms with Crippen molar-refractivity contribution < 1.29 is 4.79 Å². The minimum atomic E-state index is -0.0985. The van der Waals surface area contributed by atoms with E-state index in [-0.39, 0.29) is 11.9 Å². The summed E-state index contributed by atoms with van der Waals surface area (Å²) in [4.78, 5) is 16.1. The van der Waals surface area contributed by atoms with Crippen LogP contribution in [-0.2, 0) is 4.79 Å². The van der Waals surface area contributed by atoms with Gasteiger partial charge in [0.15, 0.2) is 0 Å². The van der Waals surface area contributed by atoms with Crippen molar-refractivity contribution in [2.24, 2.45) is 5.84 Å². The normalized spacial score (nSPS) is 17.9. The standard InChI is InChI=1S/C15H24N4O/c1-12-4-3-5-14(10-12)19-8-6-18(7-9-19)13(2)11-15(20)17-16/h3-5,10,13H,6-9,11,16H2,1-2H3,(H,17,20). The fourth-order valence-corrected chi connectivity index (χ4v) is 2.70. The van der Waals surface area contributed by atoms with Crippen molar-refractivity contribution >= 4 is 11.6 Å². The first-order chi connectivity index (χ1) is 9.60. The molecule has 1 atom stereocenters. The maximum atomic E-state index is 11.3. The monoisotopic (exact) mass is 276 g/mol. The Morgan fingerprint density at radius 1 is 1.35 bits per heavy atom. The van der Waals surface area contributed by atoms with Crippen LogP contribution in [0.4, 0.5) is 5.69 Å². The highest BCUT2D eigenvalue weighted by molar-refractivity contribution is 5.75. The van der Waals surface area contributed by atoms with Crippen molar-refractivity contribution in [1.82, 2.24) is 10.3 Å². The number of carbonyl (C=O) groups is 1. The van der Waals surface area contributed by atoms with Gasteiger partial charge in [-0.25, -0.2) is 5.84 Å². The molecule has 0 aromatic heterocycles. The summed E-state index contributed by atoms with van der Waals surface area (Å²) in [6, 6.07) is 8.84. The third-order valence-corrected chi connectivity index (χ3v) is 3.95. The van der Waals surface area contributed by atoms with Crippen LogP contribution in [0.25, 0.3) is 0 Å². The topological polar surface area (TPSA) is 61.6 Å². The molecule has 1 unspecified atom stereocenters. The van der Waals surface area contributed by atoms with E-state index in [2.05, 4.69) is 53.3 Å². The number of amides is 1. The Morgan fingerprint density at radius 3 is 2.65 bits per heavy atom. The molecular weight excluding hydrogens is 252 g/mol. The Bertz CT molecular complexity index is 455. The number of hydrogen-bond acceptors (Lipinski definition) is 4. The Kier molecular flexibility index (Phi) is 4.98. The molecule has 110 valence electrons. The van der Waals surface area contributed by atoms with Gasteiger partial charge in [-0.05, 0) is 31.5 Å². The smallest absolute Gasteiger partial charge is 0.235 e. The van der Waals surface area contributed by atoms with Gasteiger partial charge in [0, 0.05) is 44.3 Å². The largest absolute Gasteiger partial charge is 0.369 e. The van der Waals surface area contributed by atoms with Crippen LogP contribution in [0.5, 0.6) is 0 Å². The number of nitrogens with two attached hydrogens (primary N) is 1. The van der Waals surface area contributed by atoms with Crippen molar-refractivity contribution in [2.75, 3.05) is 31.1 Å². The zero-order chi connectivity index (χ0) is 14.5. The van der Waals surface area contributed by atoms with Crippen molar-refractivity contribution in [3.8, 4) is 0 Å². The van der Waals surface area contributed by atoms with Crippen LogP contribution < -0.4 is 16.2 Å². The molecule has 0 spiro atoms. The van der Waals surface area contributed by atoms with E-state index in [1.807, 2.05) is 0 Å². The van der Waals surface area contributed by atoms with Crippen molar-refractivity contribution in [3.05, 3.63) is 29.8 Å². The van der Waals surface area contributed by atoms with E-state index in [0.717, 1.165) is 26.2 Å². The number of hydrogen-bond donors (Lipinski definition) is 2. The molecule has 0 saturated carbocycles. The van der Waals surface area contributed by atoms with Crippen LogP contribution >= 0.6 is 0 Å². The lowest BCUT2D eigenvalue weighted by Crippen LogP contribution is -2.50. The average Bonchev–Trinajstić information content (AvgIpc) is 2.47. The summed E-state index contributed by atoms with van der Waals surface area (Å²) in [7, 11) is 0. The quantitative estimate of drug-likeness (QED) is 0.487. The summed E-state index contributed by atoms with van der Waals surface area (Å²) in [5, 5.41) is 0. The fourth-order valence-electron chi connectivity index (χ4n) is 2.70. The number of aryl methyl sites for hydroxylation is 1. The highest BCUT2D eigenvalue weighted by Crippen LogP contribution is 2.19. The van der Waals surface area contributed by atoms with Gasteiger partial charge in [0.05, 0.1) is 0 Å². The molecule has 1 aromatic rings. The minimum Gasteiger partial charge on any atom is -0.369 e. The Hall–Kier alpha value is -1.59. The van der Waals surface area contributed by atoms with Crippen LogP contribution in [0.1, 0.15) is 18.9 Å². The Morgan fingerprint density at radius 2 is 2.05 bits per heavy atom. The summed E-state index contributed by atoms with van der Waals surface area (Å²) >= 11 is 0. The van der Waals surface area contributed by atoms with E-state index in [0.29, 0.717) is 6.42 Å². The molecule has 3 N–H and O–H groups in total. The van der Waals surface area contributed by atoms with Crippen molar-refractivity contribution in [1.29, 1.82) is 0 Å². The molecule has 5 heteroatoms. The van der Waals surface area contributed by atoms with Crippen LogP contribution in [0.15, 0.2) is 24.3 Å². The van der Waals surface area contributed by atoms with E-state index >= 15 is 0 Å². The van der Waals surface area contributed by atoms with Gasteiger partial charge < -0.3 is 4.90 Å². The number of rotatable bonds is 4. The highest BCUT2D eigenvalue weighted by Gasteiger charge is 2.22. The molecule has 2 rings (SSSR count). The first-order valence-electron chi connectivity index (χ1n) is 7.15. The summed E-state index contributed by atoms with van der Waals surface area (Å²) in [6.45, 7) is 8.15. The second-order valence-electron chi connectivity index (χ2n) is 5.48. The molecule has 1 saturated heterocycles. The zero-order valence-corrected chi connectivity index (χ0v) is 12.3. The molecule has 20 heavy (non-hydrogen) atoms. The summed E-state index contributed by atoms with van der Waals surface area (Å²) in [5.74, 6) is 5.04. The van der Waals surface area contributed by atoms with Crippen LogP contribution in [-0.4, -0.2) is 43.0 Å². The minimum absolute atomic E-state index is 0.0985. The van der Waals surface area contributed by atoms with Gasteiger partial charge in [0.1, 0.15) is 0 Å². The molecule has 0 radical (unpaired) electrons. The lowest BCUT2D eigenvalue weighted by atomic mass is 10.1. The van der Waals surface area contributed by atoms with Gasteiger partial charge >= 0.3 is 0 Å². The summed E-state index contributed by atoms with van der Waals surface area (Å²) < 4.78 is 0. The molecule has 1 aliphatic heterocycles. The van der Waals surface area contributed by atoms with Crippen LogP contribution in [0, 0.1) is 6.92 Å². The third kappa shape index (κ3) is 3.71. The Labute approximate surface area is 120 Å². The first kappa shape index (κ1) is 14.8. The van der Waals surface area contributed by atoms with Crippen LogP contribution in [0.2, 0.25) is 0 Å². The predicted molar refractivity (Wildman–Crippen MR) is 81.4 cm³/mol. The summed E-state index contributed by atoms with van der Waals surface area (Å²) in [6.07, 6.45) is 0.459. The molecular formula is C15H24N4O. The molecule has 1 heterocycles. The molecule has 1 fully saturated rings. The molecule has 1 aliphatic rings. The SMILES string of the molecule is Cc1cccc(N2CCN(C(C)CC(=O)NN)CC2)c1. The Balaban J connectivity index is 1.87. The van der Waals surface area contributed by atoms with Gasteiger partial charge in [0.25, 0.3) is 0 Å². The van der Waals surface area contributed by atoms with E-state index in [4.69, 9.17) is 5.84 Å². The number of anilines is 1.